The molecule has 296 valence electrons. The topological polar surface area (TPSA) is 48.5 Å². The highest BCUT2D eigenvalue weighted by molar-refractivity contribution is 6.12. The molecule has 13 rings (SSSR count). The van der Waals surface area contributed by atoms with Crippen molar-refractivity contribution in [3.63, 3.8) is 0 Å². The largest absolute Gasteiger partial charge is 0.309 e. The molecule has 0 aliphatic heterocycles. The highest BCUT2D eigenvalue weighted by Gasteiger charge is 2.36. The molecule has 0 radical (unpaired) electrons. The van der Waals surface area contributed by atoms with Gasteiger partial charge in [-0.05, 0) is 81.6 Å². The third-order valence-corrected chi connectivity index (χ3v) is 13.3. The highest BCUT2D eigenvalue weighted by atomic mass is 15.0. The van der Waals surface area contributed by atoms with E-state index in [1.807, 2.05) is 18.2 Å². The second-order valence-electron chi connectivity index (χ2n) is 17.2. The van der Waals surface area contributed by atoms with E-state index >= 15 is 0 Å². The number of hydrogen-bond donors (Lipinski definition) is 0. The van der Waals surface area contributed by atoms with E-state index in [4.69, 9.17) is 15.0 Å². The van der Waals surface area contributed by atoms with Crippen molar-refractivity contribution in [2.75, 3.05) is 0 Å². The number of benzene rings is 9. The molecule has 0 spiro atoms. The van der Waals surface area contributed by atoms with Gasteiger partial charge in [0.25, 0.3) is 0 Å². The molecule has 0 N–H and O–H groups in total. The first kappa shape index (κ1) is 35.6. The van der Waals surface area contributed by atoms with E-state index in [0.717, 1.165) is 55.4 Å². The average molecular weight is 806 g/mol. The number of nitrogens with zero attached hydrogens (tertiary/aromatic N) is 5. The smallest absolute Gasteiger partial charge is 0.164 e. The Balaban J connectivity index is 1.14. The molecule has 3 aromatic heterocycles. The quantitative estimate of drug-likeness (QED) is 0.174. The minimum absolute atomic E-state index is 0.159. The number of para-hydroxylation sites is 3. The maximum absolute atomic E-state index is 5.39. The van der Waals surface area contributed by atoms with E-state index in [1.54, 1.807) is 0 Å². The Morgan fingerprint density at radius 3 is 1.54 bits per heavy atom. The first-order valence-electron chi connectivity index (χ1n) is 21.6. The maximum Gasteiger partial charge on any atom is 0.164 e. The summed E-state index contributed by atoms with van der Waals surface area (Å²) >= 11 is 0. The van der Waals surface area contributed by atoms with Gasteiger partial charge in [-0.15, -0.1) is 0 Å². The van der Waals surface area contributed by atoms with Crippen LogP contribution < -0.4 is 0 Å². The predicted octanol–water partition coefficient (Wildman–Crippen LogP) is 14.5. The summed E-state index contributed by atoms with van der Waals surface area (Å²) in [6, 6.07) is 71.9. The summed E-state index contributed by atoms with van der Waals surface area (Å²) in [6.45, 7) is 4.71. The Morgan fingerprint density at radius 1 is 0.333 bits per heavy atom. The van der Waals surface area contributed by atoms with Gasteiger partial charge in [-0.25, -0.2) is 15.0 Å². The van der Waals surface area contributed by atoms with Gasteiger partial charge in [0.15, 0.2) is 17.5 Å². The second kappa shape index (κ2) is 13.4. The van der Waals surface area contributed by atoms with Crippen molar-refractivity contribution < 1.29 is 0 Å². The summed E-state index contributed by atoms with van der Waals surface area (Å²) < 4.78 is 4.85. The Hall–Kier alpha value is -8.15. The molecule has 9 aromatic carbocycles. The van der Waals surface area contributed by atoms with Gasteiger partial charge in [-0.2, -0.15) is 0 Å². The molecule has 0 fully saturated rings. The third kappa shape index (κ3) is 5.33. The number of hydrogen-bond acceptors (Lipinski definition) is 3. The Kier molecular flexibility index (Phi) is 7.58. The molecule has 0 unspecified atom stereocenters. The molecule has 3 heterocycles. The molecule has 0 atom stereocenters. The zero-order chi connectivity index (χ0) is 41.8. The van der Waals surface area contributed by atoms with Gasteiger partial charge in [-0.3, -0.25) is 0 Å². The lowest BCUT2D eigenvalue weighted by molar-refractivity contribution is 0.661. The van der Waals surface area contributed by atoms with E-state index < -0.39 is 0 Å². The third-order valence-electron chi connectivity index (χ3n) is 13.3. The molecule has 1 aliphatic carbocycles. The van der Waals surface area contributed by atoms with Gasteiger partial charge in [-0.1, -0.05) is 166 Å². The van der Waals surface area contributed by atoms with Crippen LogP contribution in [0, 0.1) is 0 Å². The fraction of sp³-hybridized carbons (Fsp3) is 0.0517. The SMILES string of the molecule is CC1(C)c2ccccc2-c2cc3c4ccccc4n(-c4cc(-c5nc(-c6ccccc6)nc(-c6cccc7ccccc67)n5)cc(-n5c6ccccc6c6ccccc65)c4)c3cc21. The lowest BCUT2D eigenvalue weighted by Gasteiger charge is -2.22. The predicted molar refractivity (Wildman–Crippen MR) is 260 cm³/mol. The monoisotopic (exact) mass is 805 g/mol. The zero-order valence-electron chi connectivity index (χ0n) is 34.8. The van der Waals surface area contributed by atoms with Crippen molar-refractivity contribution in [1.82, 2.24) is 24.1 Å². The lowest BCUT2D eigenvalue weighted by Crippen LogP contribution is -2.15. The van der Waals surface area contributed by atoms with Crippen LogP contribution in [0.15, 0.2) is 200 Å². The molecule has 5 heteroatoms. The van der Waals surface area contributed by atoms with E-state index in [-0.39, 0.29) is 5.41 Å². The fourth-order valence-corrected chi connectivity index (χ4v) is 10.4. The highest BCUT2D eigenvalue weighted by Crippen LogP contribution is 2.51. The van der Waals surface area contributed by atoms with Crippen molar-refractivity contribution in [2.24, 2.45) is 0 Å². The van der Waals surface area contributed by atoms with Crippen LogP contribution in [0.1, 0.15) is 25.0 Å². The van der Waals surface area contributed by atoms with Crippen molar-refractivity contribution in [3.05, 3.63) is 211 Å². The Labute approximate surface area is 364 Å². The number of fused-ring (bicyclic) bond motifs is 10. The van der Waals surface area contributed by atoms with Gasteiger partial charge < -0.3 is 9.13 Å². The minimum Gasteiger partial charge on any atom is -0.309 e. The Bertz CT molecular complexity index is 3780. The first-order chi connectivity index (χ1) is 31.0. The standard InChI is InChI=1S/C58H39N5/c1-58(2)49-27-12-8-22-42(49)47-34-48-45-25-11-15-30-53(45)63(54(48)35-50(47)58)40-32-38(31-39(33-40)62-51-28-13-9-23-43(51)44-24-10-14-29-52(44)62)56-59-55(37-18-4-3-5-19-37)60-57(61-56)46-26-16-20-36-17-6-7-21-41(36)46/h3-35H,1-2H3. The van der Waals surface area contributed by atoms with Crippen LogP contribution in [0.2, 0.25) is 0 Å². The van der Waals surface area contributed by atoms with Crippen LogP contribution in [-0.4, -0.2) is 24.1 Å². The molecule has 0 saturated heterocycles. The summed E-state index contributed by atoms with van der Waals surface area (Å²) in [6.07, 6.45) is 0. The van der Waals surface area contributed by atoms with Crippen molar-refractivity contribution in [3.8, 4) is 56.7 Å². The molecule has 63 heavy (non-hydrogen) atoms. The maximum atomic E-state index is 5.39. The first-order valence-corrected chi connectivity index (χ1v) is 21.6. The zero-order valence-corrected chi connectivity index (χ0v) is 34.8. The summed E-state index contributed by atoms with van der Waals surface area (Å²) in [4.78, 5) is 15.9. The van der Waals surface area contributed by atoms with Gasteiger partial charge >= 0.3 is 0 Å². The van der Waals surface area contributed by atoms with Crippen molar-refractivity contribution >= 4 is 54.4 Å². The normalized spacial score (nSPS) is 13.0. The van der Waals surface area contributed by atoms with Crippen LogP contribution in [0.3, 0.4) is 0 Å². The second-order valence-corrected chi connectivity index (χ2v) is 17.2. The number of rotatable bonds is 5. The summed E-state index contributed by atoms with van der Waals surface area (Å²) in [7, 11) is 0. The Morgan fingerprint density at radius 2 is 0.841 bits per heavy atom. The molecule has 5 nitrogen and oxygen atoms in total. The van der Waals surface area contributed by atoms with E-state index in [2.05, 4.69) is 205 Å². The van der Waals surface area contributed by atoms with Crippen molar-refractivity contribution in [1.29, 1.82) is 0 Å². The van der Waals surface area contributed by atoms with Crippen LogP contribution in [0.5, 0.6) is 0 Å². The molecule has 0 saturated carbocycles. The molecule has 0 bridgehead atoms. The fourth-order valence-electron chi connectivity index (χ4n) is 10.4. The van der Waals surface area contributed by atoms with Crippen LogP contribution >= 0.6 is 0 Å². The van der Waals surface area contributed by atoms with Gasteiger partial charge in [0.05, 0.1) is 22.1 Å². The van der Waals surface area contributed by atoms with E-state index in [0.29, 0.717) is 17.5 Å². The molecule has 1 aliphatic rings. The van der Waals surface area contributed by atoms with Crippen LogP contribution in [0.4, 0.5) is 0 Å². The van der Waals surface area contributed by atoms with Crippen LogP contribution in [-0.2, 0) is 5.41 Å². The summed E-state index contributed by atoms with van der Waals surface area (Å²) in [5.74, 6) is 1.86. The lowest BCUT2D eigenvalue weighted by atomic mass is 9.82. The summed E-state index contributed by atoms with van der Waals surface area (Å²) in [5, 5.41) is 7.09. The molecule has 0 amide bonds. The number of aromatic nitrogens is 5. The molecular formula is C58H39N5. The molecule has 12 aromatic rings. The minimum atomic E-state index is -0.159. The van der Waals surface area contributed by atoms with E-state index in [9.17, 15) is 0 Å². The average Bonchev–Trinajstić information content (AvgIpc) is 3.93. The van der Waals surface area contributed by atoms with Gasteiger partial charge in [0.2, 0.25) is 0 Å². The summed E-state index contributed by atoms with van der Waals surface area (Å²) in [5.41, 5.74) is 14.6. The van der Waals surface area contributed by atoms with Crippen molar-refractivity contribution in [2.45, 2.75) is 19.3 Å². The van der Waals surface area contributed by atoms with E-state index in [1.165, 1.54) is 49.3 Å². The van der Waals surface area contributed by atoms with Gasteiger partial charge in [0, 0.05) is 55.0 Å². The van der Waals surface area contributed by atoms with Crippen LogP contribution in [0.25, 0.3) is 111 Å². The molecular weight excluding hydrogens is 767 g/mol. The van der Waals surface area contributed by atoms with Gasteiger partial charge in [0.1, 0.15) is 0 Å².